The molecule has 0 amide bonds. The number of methoxy groups -OCH3 is 1. The number of rotatable bonds is 10. The maximum Gasteiger partial charge on any atom is 0.164 e. The number of halogens is 1. The third-order valence-electron chi connectivity index (χ3n) is 3.81. The zero-order chi connectivity index (χ0) is 15.7. The summed E-state index contributed by atoms with van der Waals surface area (Å²) in [6.45, 7) is 6.70. The molecule has 1 aromatic rings. The van der Waals surface area contributed by atoms with Crippen molar-refractivity contribution < 1.29 is 9.53 Å². The molecular formula is C17H26ClNO2. The molecular weight excluding hydrogens is 286 g/mol. The van der Waals surface area contributed by atoms with E-state index in [1.54, 1.807) is 19.2 Å². The number of ketones is 1. The van der Waals surface area contributed by atoms with Crippen molar-refractivity contribution in [2.24, 2.45) is 0 Å². The number of nitrogens with zero attached hydrogens (tertiary/aromatic N) is 1. The molecule has 0 heterocycles. The van der Waals surface area contributed by atoms with Crippen LogP contribution in [0.1, 0.15) is 43.5 Å². The van der Waals surface area contributed by atoms with Crippen LogP contribution in [0.25, 0.3) is 0 Å². The Balaban J connectivity index is 2.60. The Morgan fingerprint density at radius 2 is 2.00 bits per heavy atom. The molecule has 0 aliphatic heterocycles. The number of hydrogen-bond donors (Lipinski definition) is 0. The SMILES string of the molecule is CCC(CC)N(CCOC)CCC(=O)c1cccc(Cl)c1. The minimum atomic E-state index is 0.144. The summed E-state index contributed by atoms with van der Waals surface area (Å²) in [4.78, 5) is 14.6. The van der Waals surface area contributed by atoms with E-state index in [9.17, 15) is 4.79 Å². The summed E-state index contributed by atoms with van der Waals surface area (Å²) in [5.41, 5.74) is 0.693. The Morgan fingerprint density at radius 1 is 1.29 bits per heavy atom. The van der Waals surface area contributed by atoms with Crippen molar-refractivity contribution in [1.29, 1.82) is 0 Å². The Hall–Kier alpha value is -0.900. The molecule has 1 aromatic carbocycles. The van der Waals surface area contributed by atoms with Gasteiger partial charge in [0, 0.05) is 43.2 Å². The van der Waals surface area contributed by atoms with Crippen LogP contribution in [-0.2, 0) is 4.74 Å². The topological polar surface area (TPSA) is 29.5 Å². The minimum absolute atomic E-state index is 0.144. The first-order chi connectivity index (χ1) is 10.1. The molecule has 0 bridgehead atoms. The van der Waals surface area contributed by atoms with Gasteiger partial charge < -0.3 is 4.74 Å². The van der Waals surface area contributed by atoms with Gasteiger partial charge in [-0.25, -0.2) is 0 Å². The van der Waals surface area contributed by atoms with Gasteiger partial charge in [-0.15, -0.1) is 0 Å². The number of carbonyl (C=O) groups is 1. The van der Waals surface area contributed by atoms with E-state index in [1.165, 1.54) is 0 Å². The van der Waals surface area contributed by atoms with Crippen LogP contribution in [0.15, 0.2) is 24.3 Å². The Morgan fingerprint density at radius 3 is 2.57 bits per heavy atom. The summed E-state index contributed by atoms with van der Waals surface area (Å²) in [6, 6.07) is 7.67. The van der Waals surface area contributed by atoms with Gasteiger partial charge in [-0.1, -0.05) is 37.6 Å². The number of Topliss-reactive ketones (excluding diaryl/α,β-unsaturated/α-hetero) is 1. The standard InChI is InChI=1S/C17H26ClNO2/c1-4-16(5-2)19(11-12-21-3)10-9-17(20)14-7-6-8-15(18)13-14/h6-8,13,16H,4-5,9-12H2,1-3H3. The number of carbonyl (C=O) groups excluding carboxylic acids is 1. The fourth-order valence-electron chi connectivity index (χ4n) is 2.54. The number of benzene rings is 1. The van der Waals surface area contributed by atoms with Gasteiger partial charge in [-0.05, 0) is 25.0 Å². The van der Waals surface area contributed by atoms with Crippen LogP contribution >= 0.6 is 11.6 Å². The molecule has 0 unspecified atom stereocenters. The molecule has 0 saturated heterocycles. The van der Waals surface area contributed by atoms with Crippen LogP contribution in [-0.4, -0.2) is 43.5 Å². The van der Waals surface area contributed by atoms with Gasteiger partial charge in [0.15, 0.2) is 5.78 Å². The van der Waals surface area contributed by atoms with E-state index in [2.05, 4.69) is 18.7 Å². The molecule has 0 aliphatic carbocycles. The van der Waals surface area contributed by atoms with Crippen LogP contribution in [0.2, 0.25) is 5.02 Å². The second-order valence-corrected chi connectivity index (χ2v) is 5.62. The third kappa shape index (κ3) is 6.16. The maximum atomic E-state index is 12.3. The summed E-state index contributed by atoms with van der Waals surface area (Å²) >= 11 is 5.94. The smallest absolute Gasteiger partial charge is 0.164 e. The lowest BCUT2D eigenvalue weighted by molar-refractivity contribution is 0.0898. The lowest BCUT2D eigenvalue weighted by Gasteiger charge is -2.30. The van der Waals surface area contributed by atoms with Gasteiger partial charge in [0.05, 0.1) is 6.61 Å². The predicted octanol–water partition coefficient (Wildman–Crippen LogP) is 4.05. The van der Waals surface area contributed by atoms with Gasteiger partial charge in [-0.3, -0.25) is 9.69 Å². The normalized spacial score (nSPS) is 11.3. The molecule has 21 heavy (non-hydrogen) atoms. The van der Waals surface area contributed by atoms with Gasteiger partial charge >= 0.3 is 0 Å². The summed E-state index contributed by atoms with van der Waals surface area (Å²) in [6.07, 6.45) is 2.69. The average Bonchev–Trinajstić information content (AvgIpc) is 2.50. The van der Waals surface area contributed by atoms with Gasteiger partial charge in [0.25, 0.3) is 0 Å². The van der Waals surface area contributed by atoms with Crippen molar-refractivity contribution >= 4 is 17.4 Å². The first-order valence-electron chi connectivity index (χ1n) is 7.64. The van der Waals surface area contributed by atoms with Crippen LogP contribution < -0.4 is 0 Å². The summed E-state index contributed by atoms with van der Waals surface area (Å²) in [5.74, 6) is 0.144. The summed E-state index contributed by atoms with van der Waals surface area (Å²) in [5, 5.41) is 0.608. The highest BCUT2D eigenvalue weighted by Crippen LogP contribution is 2.14. The van der Waals surface area contributed by atoms with E-state index in [4.69, 9.17) is 16.3 Å². The van der Waals surface area contributed by atoms with Gasteiger partial charge in [0.1, 0.15) is 0 Å². The largest absolute Gasteiger partial charge is 0.383 e. The predicted molar refractivity (Wildman–Crippen MR) is 88.2 cm³/mol. The van der Waals surface area contributed by atoms with Crippen LogP contribution in [0.3, 0.4) is 0 Å². The lowest BCUT2D eigenvalue weighted by Crippen LogP contribution is -2.38. The van der Waals surface area contributed by atoms with Crippen LogP contribution in [0, 0.1) is 0 Å². The van der Waals surface area contributed by atoms with Gasteiger partial charge in [0.2, 0.25) is 0 Å². The first-order valence-corrected chi connectivity index (χ1v) is 8.01. The van der Waals surface area contributed by atoms with Crippen molar-refractivity contribution in [2.75, 3.05) is 26.8 Å². The van der Waals surface area contributed by atoms with Crippen molar-refractivity contribution in [3.8, 4) is 0 Å². The van der Waals surface area contributed by atoms with Crippen molar-refractivity contribution in [2.45, 2.75) is 39.2 Å². The molecule has 0 aliphatic rings. The quantitative estimate of drug-likeness (QED) is 0.611. The second-order valence-electron chi connectivity index (χ2n) is 5.18. The van der Waals surface area contributed by atoms with E-state index in [0.29, 0.717) is 29.7 Å². The average molecular weight is 312 g/mol. The maximum absolute atomic E-state index is 12.3. The fourth-order valence-corrected chi connectivity index (χ4v) is 2.73. The molecule has 0 saturated carbocycles. The molecule has 0 atom stereocenters. The summed E-state index contributed by atoms with van der Waals surface area (Å²) < 4.78 is 5.17. The minimum Gasteiger partial charge on any atom is -0.383 e. The Labute approximate surface area is 133 Å². The molecule has 1 rings (SSSR count). The van der Waals surface area contributed by atoms with Crippen molar-refractivity contribution in [1.82, 2.24) is 4.90 Å². The van der Waals surface area contributed by atoms with Crippen molar-refractivity contribution in [3.05, 3.63) is 34.9 Å². The number of hydrogen-bond acceptors (Lipinski definition) is 3. The summed E-state index contributed by atoms with van der Waals surface area (Å²) in [7, 11) is 1.71. The highest BCUT2D eigenvalue weighted by molar-refractivity contribution is 6.31. The van der Waals surface area contributed by atoms with Gasteiger partial charge in [-0.2, -0.15) is 0 Å². The molecule has 0 N–H and O–H groups in total. The first kappa shape index (κ1) is 18.1. The lowest BCUT2D eigenvalue weighted by atomic mass is 10.1. The molecule has 118 valence electrons. The fraction of sp³-hybridized carbons (Fsp3) is 0.588. The molecule has 0 aromatic heterocycles. The molecule has 0 spiro atoms. The zero-order valence-electron chi connectivity index (χ0n) is 13.3. The van der Waals surface area contributed by atoms with E-state index >= 15 is 0 Å². The van der Waals surface area contributed by atoms with E-state index in [1.807, 2.05) is 12.1 Å². The van der Waals surface area contributed by atoms with Crippen molar-refractivity contribution in [3.63, 3.8) is 0 Å². The van der Waals surface area contributed by atoms with E-state index in [0.717, 1.165) is 25.9 Å². The van der Waals surface area contributed by atoms with E-state index in [-0.39, 0.29) is 5.78 Å². The van der Waals surface area contributed by atoms with Crippen LogP contribution in [0.5, 0.6) is 0 Å². The monoisotopic (exact) mass is 311 g/mol. The molecule has 0 fully saturated rings. The Bertz CT molecular complexity index is 433. The zero-order valence-corrected chi connectivity index (χ0v) is 14.0. The molecule has 0 radical (unpaired) electrons. The van der Waals surface area contributed by atoms with E-state index < -0.39 is 0 Å². The molecule has 3 nitrogen and oxygen atoms in total. The second kappa shape index (κ2) is 9.93. The highest BCUT2D eigenvalue weighted by atomic mass is 35.5. The Kier molecular flexibility index (Phi) is 8.58. The third-order valence-corrected chi connectivity index (χ3v) is 4.05. The van der Waals surface area contributed by atoms with Crippen LogP contribution in [0.4, 0.5) is 0 Å². The number of ether oxygens (including phenoxy) is 1. The molecule has 4 heteroatoms. The highest BCUT2D eigenvalue weighted by Gasteiger charge is 2.16.